The molecule has 0 saturated carbocycles. The summed E-state index contributed by atoms with van der Waals surface area (Å²) in [6, 6.07) is 27.0. The molecular weight excluding hydrogens is 372 g/mol. The van der Waals surface area contributed by atoms with Gasteiger partial charge in [-0.05, 0) is 23.6 Å². The molecule has 0 aliphatic heterocycles. The van der Waals surface area contributed by atoms with Gasteiger partial charge in [-0.3, -0.25) is 9.59 Å². The van der Waals surface area contributed by atoms with Gasteiger partial charge in [0.2, 0.25) is 11.8 Å². The Kier molecular flexibility index (Phi) is 7.39. The zero-order valence-corrected chi connectivity index (χ0v) is 17.5. The van der Waals surface area contributed by atoms with Crippen LogP contribution in [0, 0.1) is 6.92 Å². The highest BCUT2D eigenvalue weighted by Crippen LogP contribution is 2.16. The van der Waals surface area contributed by atoms with E-state index in [-0.39, 0.29) is 18.2 Å². The lowest BCUT2D eigenvalue weighted by Gasteiger charge is -2.31. The summed E-state index contributed by atoms with van der Waals surface area (Å²) in [7, 11) is 1.62. The topological polar surface area (TPSA) is 49.4 Å². The van der Waals surface area contributed by atoms with E-state index in [0.717, 1.165) is 22.3 Å². The van der Waals surface area contributed by atoms with E-state index in [4.69, 9.17) is 0 Å². The van der Waals surface area contributed by atoms with Gasteiger partial charge in [-0.2, -0.15) is 0 Å². The fourth-order valence-electron chi connectivity index (χ4n) is 3.48. The highest BCUT2D eigenvalue weighted by Gasteiger charge is 2.29. The number of amides is 2. The van der Waals surface area contributed by atoms with Crippen LogP contribution >= 0.6 is 0 Å². The molecule has 0 fully saturated rings. The van der Waals surface area contributed by atoms with Gasteiger partial charge in [-0.25, -0.2) is 0 Å². The highest BCUT2D eigenvalue weighted by molar-refractivity contribution is 5.88. The number of carbonyl (C=O) groups is 2. The minimum atomic E-state index is -0.587. The summed E-state index contributed by atoms with van der Waals surface area (Å²) in [5, 5.41) is 2.74. The first-order valence-electron chi connectivity index (χ1n) is 10.2. The van der Waals surface area contributed by atoms with Crippen LogP contribution in [0.15, 0.2) is 84.9 Å². The van der Waals surface area contributed by atoms with E-state index >= 15 is 0 Å². The summed E-state index contributed by atoms with van der Waals surface area (Å²) in [4.78, 5) is 28.0. The van der Waals surface area contributed by atoms with Crippen LogP contribution in [0.4, 0.5) is 0 Å². The quantitative estimate of drug-likeness (QED) is 0.623. The van der Waals surface area contributed by atoms with E-state index in [0.29, 0.717) is 13.0 Å². The second kappa shape index (κ2) is 10.4. The number of carbonyl (C=O) groups excluding carboxylic acids is 2. The molecule has 2 amide bonds. The molecule has 0 radical (unpaired) electrons. The summed E-state index contributed by atoms with van der Waals surface area (Å²) >= 11 is 0. The Morgan fingerprint density at radius 1 is 0.800 bits per heavy atom. The van der Waals surface area contributed by atoms with E-state index in [1.165, 1.54) is 0 Å². The minimum absolute atomic E-state index is 0.0627. The van der Waals surface area contributed by atoms with Crippen LogP contribution < -0.4 is 5.32 Å². The van der Waals surface area contributed by atoms with Gasteiger partial charge in [0.25, 0.3) is 0 Å². The molecule has 3 aromatic carbocycles. The average Bonchev–Trinajstić information content (AvgIpc) is 2.78. The number of benzene rings is 3. The first-order valence-corrected chi connectivity index (χ1v) is 10.2. The zero-order chi connectivity index (χ0) is 21.3. The summed E-state index contributed by atoms with van der Waals surface area (Å²) in [5.41, 5.74) is 4.11. The summed E-state index contributed by atoms with van der Waals surface area (Å²) in [6.07, 6.45) is 0.725. The van der Waals surface area contributed by atoms with Crippen molar-refractivity contribution in [2.75, 3.05) is 7.05 Å². The molecule has 154 valence electrons. The number of aryl methyl sites for hydroxylation is 1. The van der Waals surface area contributed by atoms with Gasteiger partial charge >= 0.3 is 0 Å². The van der Waals surface area contributed by atoms with Crippen molar-refractivity contribution in [3.8, 4) is 0 Å². The third-order valence-electron chi connectivity index (χ3n) is 5.19. The first kappa shape index (κ1) is 21.3. The number of rotatable bonds is 8. The summed E-state index contributed by atoms with van der Waals surface area (Å²) < 4.78 is 0. The van der Waals surface area contributed by atoms with Crippen molar-refractivity contribution >= 4 is 11.8 Å². The van der Waals surface area contributed by atoms with Crippen LogP contribution in [0.1, 0.15) is 22.3 Å². The number of likely N-dealkylation sites (N-methyl/N-ethyl adjacent to an activating group) is 1. The summed E-state index contributed by atoms with van der Waals surface area (Å²) in [6.45, 7) is 2.41. The SMILES string of the molecule is CNC(=O)[C@H](Cc1ccccc1)N(Cc1ccccc1)C(=O)Cc1ccc(C)cc1. The molecule has 1 atom stereocenters. The summed E-state index contributed by atoms with van der Waals surface area (Å²) in [5.74, 6) is -0.223. The first-order chi connectivity index (χ1) is 14.6. The van der Waals surface area contributed by atoms with Gasteiger partial charge in [0.15, 0.2) is 0 Å². The number of hydrogen-bond acceptors (Lipinski definition) is 2. The fourth-order valence-corrected chi connectivity index (χ4v) is 3.48. The number of hydrogen-bond donors (Lipinski definition) is 1. The number of nitrogens with zero attached hydrogens (tertiary/aromatic N) is 1. The van der Waals surface area contributed by atoms with E-state index in [1.807, 2.05) is 91.9 Å². The maximum atomic E-state index is 13.4. The maximum absolute atomic E-state index is 13.4. The van der Waals surface area contributed by atoms with Crippen LogP contribution in [-0.4, -0.2) is 29.8 Å². The van der Waals surface area contributed by atoms with Crippen molar-refractivity contribution in [3.63, 3.8) is 0 Å². The van der Waals surface area contributed by atoms with Crippen molar-refractivity contribution in [1.82, 2.24) is 10.2 Å². The van der Waals surface area contributed by atoms with Crippen molar-refractivity contribution in [2.24, 2.45) is 0 Å². The monoisotopic (exact) mass is 400 g/mol. The van der Waals surface area contributed by atoms with Gasteiger partial charge in [0.1, 0.15) is 6.04 Å². The lowest BCUT2D eigenvalue weighted by atomic mass is 10.0. The molecule has 30 heavy (non-hydrogen) atoms. The van der Waals surface area contributed by atoms with Gasteiger partial charge < -0.3 is 10.2 Å². The fraction of sp³-hybridized carbons (Fsp3) is 0.231. The van der Waals surface area contributed by atoms with Gasteiger partial charge in [0, 0.05) is 20.0 Å². The lowest BCUT2D eigenvalue weighted by Crippen LogP contribution is -2.50. The molecule has 0 aliphatic rings. The molecular formula is C26H28N2O2. The van der Waals surface area contributed by atoms with E-state index in [9.17, 15) is 9.59 Å². The average molecular weight is 401 g/mol. The third-order valence-corrected chi connectivity index (χ3v) is 5.19. The van der Waals surface area contributed by atoms with Crippen LogP contribution in [0.25, 0.3) is 0 Å². The molecule has 0 saturated heterocycles. The predicted molar refractivity (Wildman–Crippen MR) is 120 cm³/mol. The van der Waals surface area contributed by atoms with Crippen molar-refractivity contribution in [2.45, 2.75) is 32.4 Å². The molecule has 1 N–H and O–H groups in total. The molecule has 0 aromatic heterocycles. The second-order valence-electron chi connectivity index (χ2n) is 7.49. The normalized spacial score (nSPS) is 11.5. The van der Waals surface area contributed by atoms with Gasteiger partial charge in [0.05, 0.1) is 6.42 Å². The van der Waals surface area contributed by atoms with Crippen LogP contribution in [0.5, 0.6) is 0 Å². The van der Waals surface area contributed by atoms with E-state index in [2.05, 4.69) is 5.32 Å². The van der Waals surface area contributed by atoms with Crippen molar-refractivity contribution < 1.29 is 9.59 Å². The molecule has 0 bridgehead atoms. The molecule has 0 unspecified atom stereocenters. The predicted octanol–water partition coefficient (Wildman–Crippen LogP) is 3.92. The molecule has 0 heterocycles. The van der Waals surface area contributed by atoms with Crippen molar-refractivity contribution in [1.29, 1.82) is 0 Å². The van der Waals surface area contributed by atoms with Gasteiger partial charge in [-0.15, -0.1) is 0 Å². The Labute approximate surface area is 178 Å². The Balaban J connectivity index is 1.91. The van der Waals surface area contributed by atoms with Crippen LogP contribution in [-0.2, 0) is 29.0 Å². The maximum Gasteiger partial charge on any atom is 0.242 e. The Morgan fingerprint density at radius 2 is 1.37 bits per heavy atom. The van der Waals surface area contributed by atoms with Crippen LogP contribution in [0.3, 0.4) is 0 Å². The molecule has 4 heteroatoms. The molecule has 3 rings (SSSR count). The molecule has 0 spiro atoms. The zero-order valence-electron chi connectivity index (χ0n) is 17.5. The van der Waals surface area contributed by atoms with Crippen LogP contribution in [0.2, 0.25) is 0 Å². The standard InChI is InChI=1S/C26H28N2O2/c1-20-13-15-22(16-14-20)18-25(29)28(19-23-11-7-4-8-12-23)24(26(30)27-2)17-21-9-5-3-6-10-21/h3-16,24H,17-19H2,1-2H3,(H,27,30)/t24-/m0/s1. The third kappa shape index (κ3) is 5.80. The molecule has 4 nitrogen and oxygen atoms in total. The lowest BCUT2D eigenvalue weighted by molar-refractivity contribution is -0.140. The van der Waals surface area contributed by atoms with Crippen molar-refractivity contribution in [3.05, 3.63) is 107 Å². The Hall–Kier alpha value is -3.40. The second-order valence-corrected chi connectivity index (χ2v) is 7.49. The smallest absolute Gasteiger partial charge is 0.242 e. The largest absolute Gasteiger partial charge is 0.357 e. The highest BCUT2D eigenvalue weighted by atomic mass is 16.2. The van der Waals surface area contributed by atoms with Gasteiger partial charge in [-0.1, -0.05) is 90.5 Å². The Morgan fingerprint density at radius 3 is 1.93 bits per heavy atom. The van der Waals surface area contributed by atoms with E-state index in [1.54, 1.807) is 11.9 Å². The Bertz CT molecular complexity index is 953. The van der Waals surface area contributed by atoms with E-state index < -0.39 is 6.04 Å². The minimum Gasteiger partial charge on any atom is -0.357 e. The number of nitrogens with one attached hydrogen (secondary N) is 1. The molecule has 0 aliphatic carbocycles. The molecule has 3 aromatic rings.